The second kappa shape index (κ2) is 5.90. The number of aromatic nitrogens is 1. The molecule has 0 radical (unpaired) electrons. The minimum absolute atomic E-state index is 0.890. The zero-order valence-electron chi connectivity index (χ0n) is 12.7. The van der Waals surface area contributed by atoms with Crippen LogP contribution in [0.15, 0.2) is 36.5 Å². The van der Waals surface area contributed by atoms with Gasteiger partial charge in [-0.05, 0) is 42.7 Å². The summed E-state index contributed by atoms with van der Waals surface area (Å²) >= 11 is 0. The van der Waals surface area contributed by atoms with E-state index < -0.39 is 0 Å². The van der Waals surface area contributed by atoms with Gasteiger partial charge in [-0.25, -0.2) is 0 Å². The van der Waals surface area contributed by atoms with Crippen molar-refractivity contribution in [3.05, 3.63) is 42.2 Å². The Balaban J connectivity index is 1.24. The predicted molar refractivity (Wildman–Crippen MR) is 84.8 cm³/mol. The van der Waals surface area contributed by atoms with Crippen molar-refractivity contribution in [3.8, 4) is 0 Å². The summed E-state index contributed by atoms with van der Waals surface area (Å²) in [7, 11) is 0. The van der Waals surface area contributed by atoms with Crippen LogP contribution in [0.4, 0.5) is 0 Å². The van der Waals surface area contributed by atoms with Gasteiger partial charge in [-0.3, -0.25) is 9.88 Å². The third kappa shape index (κ3) is 3.04. The van der Waals surface area contributed by atoms with Crippen LogP contribution in [-0.4, -0.2) is 47.5 Å². The third-order valence-electron chi connectivity index (χ3n) is 5.49. The Morgan fingerprint density at radius 2 is 1.86 bits per heavy atom. The van der Waals surface area contributed by atoms with Crippen LogP contribution in [0.3, 0.4) is 0 Å². The quantitative estimate of drug-likeness (QED) is 0.791. The highest BCUT2D eigenvalue weighted by Gasteiger charge is 2.36. The molecule has 2 aliphatic carbocycles. The molecule has 0 aromatic carbocycles. The van der Waals surface area contributed by atoms with Gasteiger partial charge in [0.2, 0.25) is 0 Å². The van der Waals surface area contributed by atoms with Crippen LogP contribution in [0.25, 0.3) is 0 Å². The largest absolute Gasteiger partial charge is 0.300 e. The summed E-state index contributed by atoms with van der Waals surface area (Å²) in [6, 6.07) is 6.21. The van der Waals surface area contributed by atoms with Gasteiger partial charge >= 0.3 is 0 Å². The average Bonchev–Trinajstić information content (AvgIpc) is 3.13. The number of hydrogen-bond donors (Lipinski definition) is 0. The van der Waals surface area contributed by atoms with Crippen molar-refractivity contribution in [1.29, 1.82) is 0 Å². The molecule has 1 aromatic rings. The number of fused-ring (bicyclic) bond motifs is 2. The Kier molecular flexibility index (Phi) is 3.78. The van der Waals surface area contributed by atoms with Crippen LogP contribution >= 0.6 is 0 Å². The van der Waals surface area contributed by atoms with Crippen LogP contribution < -0.4 is 0 Å². The van der Waals surface area contributed by atoms with Crippen LogP contribution in [0.5, 0.6) is 0 Å². The minimum atomic E-state index is 0.890. The molecule has 2 heterocycles. The fourth-order valence-electron chi connectivity index (χ4n) is 4.29. The average molecular weight is 283 g/mol. The van der Waals surface area contributed by atoms with Crippen molar-refractivity contribution in [1.82, 2.24) is 14.8 Å². The van der Waals surface area contributed by atoms with Gasteiger partial charge in [0.25, 0.3) is 0 Å². The summed E-state index contributed by atoms with van der Waals surface area (Å²) in [6.07, 6.45) is 9.70. The standard InChI is InChI=1S/C18H25N3/c1-2-6-19-18(3-1)14-21-9-7-20(8-10-21)13-17-12-15-4-5-16(17)11-15/h1-6,15-17H,7-14H2/t15-,16-,17+/m0/s1. The summed E-state index contributed by atoms with van der Waals surface area (Å²) in [5.41, 5.74) is 1.20. The lowest BCUT2D eigenvalue weighted by Gasteiger charge is -2.36. The van der Waals surface area contributed by atoms with Gasteiger partial charge < -0.3 is 4.90 Å². The van der Waals surface area contributed by atoms with Gasteiger partial charge in [-0.15, -0.1) is 0 Å². The van der Waals surface area contributed by atoms with Gasteiger partial charge in [0.15, 0.2) is 0 Å². The lowest BCUT2D eigenvalue weighted by Crippen LogP contribution is -2.47. The van der Waals surface area contributed by atoms with Crippen molar-refractivity contribution in [2.24, 2.45) is 17.8 Å². The third-order valence-corrected chi connectivity index (χ3v) is 5.49. The molecule has 3 heteroatoms. The second-order valence-corrected chi connectivity index (χ2v) is 6.94. The van der Waals surface area contributed by atoms with E-state index in [2.05, 4.69) is 39.1 Å². The maximum absolute atomic E-state index is 4.44. The van der Waals surface area contributed by atoms with E-state index in [0.29, 0.717) is 0 Å². The van der Waals surface area contributed by atoms with E-state index in [9.17, 15) is 0 Å². The molecular weight excluding hydrogens is 258 g/mol. The molecule has 0 unspecified atom stereocenters. The Bertz CT molecular complexity index is 490. The molecule has 0 spiro atoms. The zero-order chi connectivity index (χ0) is 14.1. The van der Waals surface area contributed by atoms with E-state index in [1.165, 1.54) is 51.3 Å². The minimum Gasteiger partial charge on any atom is -0.300 e. The van der Waals surface area contributed by atoms with Crippen LogP contribution in [0, 0.1) is 17.8 Å². The second-order valence-electron chi connectivity index (χ2n) is 6.94. The first-order valence-electron chi connectivity index (χ1n) is 8.40. The molecular formula is C18H25N3. The summed E-state index contributed by atoms with van der Waals surface area (Å²) in [6.45, 7) is 7.16. The normalized spacial score (nSPS) is 32.9. The van der Waals surface area contributed by atoms with Gasteiger partial charge in [0.1, 0.15) is 0 Å². The SMILES string of the molecule is C1=C[C@H]2C[C@H]1C[C@@H]2CN1CCN(Cc2ccccn2)CC1. The predicted octanol–water partition coefficient (Wildman–Crippen LogP) is 2.41. The zero-order valence-corrected chi connectivity index (χ0v) is 12.7. The molecule has 112 valence electrons. The first kappa shape index (κ1) is 13.5. The van der Waals surface area contributed by atoms with Crippen molar-refractivity contribution < 1.29 is 0 Å². The van der Waals surface area contributed by atoms with E-state index in [0.717, 1.165) is 24.3 Å². The molecule has 4 rings (SSSR count). The Labute approximate surface area is 127 Å². The van der Waals surface area contributed by atoms with Crippen molar-refractivity contribution >= 4 is 0 Å². The first-order chi connectivity index (χ1) is 10.4. The topological polar surface area (TPSA) is 19.4 Å². The van der Waals surface area contributed by atoms with Crippen LogP contribution in [0.2, 0.25) is 0 Å². The van der Waals surface area contributed by atoms with Gasteiger partial charge in [-0.1, -0.05) is 18.2 Å². The molecule has 1 aliphatic heterocycles. The fourth-order valence-corrected chi connectivity index (χ4v) is 4.29. The summed E-state index contributed by atoms with van der Waals surface area (Å²) in [5, 5.41) is 0. The van der Waals surface area contributed by atoms with Crippen molar-refractivity contribution in [2.45, 2.75) is 19.4 Å². The van der Waals surface area contributed by atoms with Gasteiger partial charge in [-0.2, -0.15) is 0 Å². The molecule has 3 atom stereocenters. The summed E-state index contributed by atoms with van der Waals surface area (Å²) in [4.78, 5) is 9.67. The lowest BCUT2D eigenvalue weighted by molar-refractivity contribution is 0.107. The molecule has 3 aliphatic rings. The summed E-state index contributed by atoms with van der Waals surface area (Å²) < 4.78 is 0. The molecule has 1 saturated heterocycles. The molecule has 21 heavy (non-hydrogen) atoms. The molecule has 1 saturated carbocycles. The van der Waals surface area contributed by atoms with Gasteiger partial charge in [0, 0.05) is 45.5 Å². The van der Waals surface area contributed by atoms with E-state index >= 15 is 0 Å². The lowest BCUT2D eigenvalue weighted by atomic mass is 9.93. The fraction of sp³-hybridized carbons (Fsp3) is 0.611. The number of allylic oxidation sites excluding steroid dienone is 2. The van der Waals surface area contributed by atoms with E-state index in [4.69, 9.17) is 0 Å². The van der Waals surface area contributed by atoms with E-state index in [-0.39, 0.29) is 0 Å². The number of rotatable bonds is 4. The van der Waals surface area contributed by atoms with Crippen molar-refractivity contribution in [2.75, 3.05) is 32.7 Å². The number of hydrogen-bond acceptors (Lipinski definition) is 3. The first-order valence-corrected chi connectivity index (χ1v) is 8.40. The smallest absolute Gasteiger partial charge is 0.0543 e. The highest BCUT2D eigenvalue weighted by Crippen LogP contribution is 2.43. The van der Waals surface area contributed by atoms with Crippen LogP contribution in [-0.2, 0) is 6.54 Å². The Hall–Kier alpha value is -1.19. The molecule has 2 fully saturated rings. The molecule has 0 N–H and O–H groups in total. The highest BCUT2D eigenvalue weighted by atomic mass is 15.3. The molecule has 0 amide bonds. The van der Waals surface area contributed by atoms with Crippen molar-refractivity contribution in [3.63, 3.8) is 0 Å². The molecule has 3 nitrogen and oxygen atoms in total. The number of piperazine rings is 1. The summed E-state index contributed by atoms with van der Waals surface area (Å²) in [5.74, 6) is 2.73. The molecule has 1 aromatic heterocycles. The van der Waals surface area contributed by atoms with Gasteiger partial charge in [0.05, 0.1) is 5.69 Å². The Morgan fingerprint density at radius 1 is 1.00 bits per heavy atom. The van der Waals surface area contributed by atoms with E-state index in [1.54, 1.807) is 0 Å². The van der Waals surface area contributed by atoms with E-state index in [1.807, 2.05) is 12.3 Å². The number of pyridine rings is 1. The monoisotopic (exact) mass is 283 g/mol. The maximum atomic E-state index is 4.44. The highest BCUT2D eigenvalue weighted by molar-refractivity contribution is 5.10. The van der Waals surface area contributed by atoms with Crippen LogP contribution in [0.1, 0.15) is 18.5 Å². The Morgan fingerprint density at radius 3 is 2.52 bits per heavy atom. The number of nitrogens with zero attached hydrogens (tertiary/aromatic N) is 3. The maximum Gasteiger partial charge on any atom is 0.0543 e. The molecule has 2 bridgehead atoms.